The Balaban J connectivity index is 1.40. The van der Waals surface area contributed by atoms with Crippen molar-refractivity contribution in [1.29, 1.82) is 0 Å². The first-order valence-corrected chi connectivity index (χ1v) is 10.0. The Hall–Kier alpha value is -3.85. The standard InChI is InChI=1S/C21H19N7OS/c1-13-20(30-14(2)25-13)21(29)27-16-8-6-15(7-9-16)26-18-11-19(24-12-23-18)28-17-5-3-4-10-22-17/h3-12H,1-2H3,(H,27,29)(H2,22,23,24,26,28). The highest BCUT2D eigenvalue weighted by Crippen LogP contribution is 2.22. The van der Waals surface area contributed by atoms with E-state index in [-0.39, 0.29) is 5.91 Å². The van der Waals surface area contributed by atoms with Crippen LogP contribution in [0.25, 0.3) is 0 Å². The van der Waals surface area contributed by atoms with Crippen LogP contribution in [0.2, 0.25) is 0 Å². The molecular formula is C21H19N7OS. The van der Waals surface area contributed by atoms with Gasteiger partial charge in [-0.2, -0.15) is 0 Å². The fourth-order valence-corrected chi connectivity index (χ4v) is 3.59. The van der Waals surface area contributed by atoms with Gasteiger partial charge < -0.3 is 16.0 Å². The van der Waals surface area contributed by atoms with Crippen LogP contribution in [0.1, 0.15) is 20.4 Å². The number of benzene rings is 1. The normalized spacial score (nSPS) is 10.5. The van der Waals surface area contributed by atoms with Gasteiger partial charge in [-0.1, -0.05) is 6.07 Å². The summed E-state index contributed by atoms with van der Waals surface area (Å²) < 4.78 is 0. The monoisotopic (exact) mass is 417 g/mol. The number of pyridine rings is 1. The van der Waals surface area contributed by atoms with Crippen LogP contribution in [0.3, 0.4) is 0 Å². The number of thiazole rings is 1. The summed E-state index contributed by atoms with van der Waals surface area (Å²) in [4.78, 5) is 30.0. The van der Waals surface area contributed by atoms with Crippen molar-refractivity contribution < 1.29 is 4.79 Å². The molecule has 150 valence electrons. The van der Waals surface area contributed by atoms with Crippen molar-refractivity contribution in [3.8, 4) is 0 Å². The third kappa shape index (κ3) is 4.76. The summed E-state index contributed by atoms with van der Waals surface area (Å²) in [5.74, 6) is 1.81. The van der Waals surface area contributed by atoms with Gasteiger partial charge in [-0.15, -0.1) is 11.3 Å². The number of hydrogen-bond donors (Lipinski definition) is 3. The van der Waals surface area contributed by atoms with Crippen LogP contribution < -0.4 is 16.0 Å². The molecule has 0 aliphatic carbocycles. The summed E-state index contributed by atoms with van der Waals surface area (Å²) in [5.41, 5.74) is 2.28. The quantitative estimate of drug-likeness (QED) is 0.418. The number of hydrogen-bond acceptors (Lipinski definition) is 8. The predicted molar refractivity (Wildman–Crippen MR) is 119 cm³/mol. The Morgan fingerprint density at radius 2 is 1.60 bits per heavy atom. The van der Waals surface area contributed by atoms with Gasteiger partial charge in [-0.05, 0) is 50.2 Å². The Morgan fingerprint density at radius 1 is 0.867 bits per heavy atom. The Morgan fingerprint density at radius 3 is 2.27 bits per heavy atom. The average Bonchev–Trinajstić information content (AvgIpc) is 3.09. The first-order valence-electron chi connectivity index (χ1n) is 9.19. The second-order valence-corrected chi connectivity index (χ2v) is 7.64. The zero-order valence-electron chi connectivity index (χ0n) is 16.4. The number of carbonyl (C=O) groups is 1. The summed E-state index contributed by atoms with van der Waals surface area (Å²) in [7, 11) is 0. The van der Waals surface area contributed by atoms with E-state index < -0.39 is 0 Å². The minimum atomic E-state index is -0.153. The first-order chi connectivity index (χ1) is 14.6. The van der Waals surface area contributed by atoms with Gasteiger partial charge >= 0.3 is 0 Å². The molecule has 8 nitrogen and oxygen atoms in total. The molecule has 3 N–H and O–H groups in total. The van der Waals surface area contributed by atoms with E-state index in [9.17, 15) is 4.79 Å². The second kappa shape index (κ2) is 8.66. The lowest BCUT2D eigenvalue weighted by Gasteiger charge is -2.09. The lowest BCUT2D eigenvalue weighted by Crippen LogP contribution is -2.11. The molecule has 0 fully saturated rings. The van der Waals surface area contributed by atoms with Crippen molar-refractivity contribution >= 4 is 46.1 Å². The van der Waals surface area contributed by atoms with E-state index in [0.717, 1.165) is 16.4 Å². The molecule has 0 aliphatic heterocycles. The molecule has 3 heterocycles. The minimum absolute atomic E-state index is 0.153. The molecule has 9 heteroatoms. The molecule has 0 unspecified atom stereocenters. The van der Waals surface area contributed by atoms with Crippen molar-refractivity contribution in [1.82, 2.24) is 19.9 Å². The molecule has 0 bridgehead atoms. The number of aromatic nitrogens is 4. The summed E-state index contributed by atoms with van der Waals surface area (Å²) in [5, 5.41) is 10.1. The van der Waals surface area contributed by atoms with Crippen molar-refractivity contribution in [2.75, 3.05) is 16.0 Å². The van der Waals surface area contributed by atoms with E-state index in [1.54, 1.807) is 12.3 Å². The van der Waals surface area contributed by atoms with Crippen molar-refractivity contribution in [2.45, 2.75) is 13.8 Å². The van der Waals surface area contributed by atoms with E-state index in [2.05, 4.69) is 35.9 Å². The van der Waals surface area contributed by atoms with Crippen molar-refractivity contribution in [3.63, 3.8) is 0 Å². The smallest absolute Gasteiger partial charge is 0.267 e. The van der Waals surface area contributed by atoms with Gasteiger partial charge in [-0.25, -0.2) is 19.9 Å². The van der Waals surface area contributed by atoms with Crippen LogP contribution >= 0.6 is 11.3 Å². The molecular weight excluding hydrogens is 398 g/mol. The number of nitrogens with one attached hydrogen (secondary N) is 3. The molecule has 1 aromatic carbocycles. The minimum Gasteiger partial charge on any atom is -0.340 e. The maximum atomic E-state index is 12.4. The van der Waals surface area contributed by atoms with Crippen LogP contribution in [0.15, 0.2) is 61.1 Å². The molecule has 3 aromatic heterocycles. The van der Waals surface area contributed by atoms with Gasteiger partial charge in [0.1, 0.15) is 28.7 Å². The molecule has 30 heavy (non-hydrogen) atoms. The van der Waals surface area contributed by atoms with Gasteiger partial charge in [0.15, 0.2) is 0 Å². The van der Waals surface area contributed by atoms with Crippen LogP contribution in [0.5, 0.6) is 0 Å². The van der Waals surface area contributed by atoms with Crippen molar-refractivity contribution in [3.05, 3.63) is 76.6 Å². The highest BCUT2D eigenvalue weighted by atomic mass is 32.1. The molecule has 4 rings (SSSR count). The van der Waals surface area contributed by atoms with Gasteiger partial charge in [0, 0.05) is 23.6 Å². The molecule has 4 aromatic rings. The number of anilines is 5. The third-order valence-corrected chi connectivity index (χ3v) is 5.18. The van der Waals surface area contributed by atoms with Gasteiger partial charge in [-0.3, -0.25) is 4.79 Å². The molecule has 0 saturated heterocycles. The van der Waals surface area contributed by atoms with Crippen LogP contribution in [0.4, 0.5) is 28.8 Å². The third-order valence-electron chi connectivity index (χ3n) is 4.11. The molecule has 1 amide bonds. The summed E-state index contributed by atoms with van der Waals surface area (Å²) in [6, 6.07) is 14.8. The fraction of sp³-hybridized carbons (Fsp3) is 0.0952. The van der Waals surface area contributed by atoms with Gasteiger partial charge in [0.05, 0.1) is 10.7 Å². The maximum Gasteiger partial charge on any atom is 0.267 e. The highest BCUT2D eigenvalue weighted by molar-refractivity contribution is 7.13. The van der Waals surface area contributed by atoms with Gasteiger partial charge in [0.2, 0.25) is 0 Å². The molecule has 0 radical (unpaired) electrons. The number of carbonyl (C=O) groups excluding carboxylic acids is 1. The first kappa shape index (κ1) is 19.5. The Labute approximate surface area is 177 Å². The number of rotatable bonds is 6. The molecule has 0 aliphatic rings. The van der Waals surface area contributed by atoms with Crippen LogP contribution in [-0.4, -0.2) is 25.8 Å². The number of nitrogens with zero attached hydrogens (tertiary/aromatic N) is 4. The van der Waals surface area contributed by atoms with E-state index in [1.807, 2.05) is 56.3 Å². The lowest BCUT2D eigenvalue weighted by atomic mass is 10.2. The molecule has 0 spiro atoms. The maximum absolute atomic E-state index is 12.4. The zero-order chi connectivity index (χ0) is 20.9. The van der Waals surface area contributed by atoms with Gasteiger partial charge in [0.25, 0.3) is 5.91 Å². The highest BCUT2D eigenvalue weighted by Gasteiger charge is 2.13. The summed E-state index contributed by atoms with van der Waals surface area (Å²) in [6.07, 6.45) is 3.18. The predicted octanol–water partition coefficient (Wildman–Crippen LogP) is 4.68. The van der Waals surface area contributed by atoms with E-state index in [0.29, 0.717) is 28.0 Å². The topological polar surface area (TPSA) is 105 Å². The summed E-state index contributed by atoms with van der Waals surface area (Å²) in [6.45, 7) is 3.73. The fourth-order valence-electron chi connectivity index (χ4n) is 2.78. The number of aryl methyl sites for hydroxylation is 2. The SMILES string of the molecule is Cc1nc(C)c(C(=O)Nc2ccc(Nc3cc(Nc4ccccn4)ncn3)cc2)s1. The van der Waals surface area contributed by atoms with E-state index >= 15 is 0 Å². The van der Waals surface area contributed by atoms with E-state index in [4.69, 9.17) is 0 Å². The Bertz CT molecular complexity index is 1160. The van der Waals surface area contributed by atoms with Crippen LogP contribution in [0, 0.1) is 13.8 Å². The lowest BCUT2D eigenvalue weighted by molar-refractivity contribution is 0.103. The zero-order valence-corrected chi connectivity index (χ0v) is 17.2. The van der Waals surface area contributed by atoms with Crippen LogP contribution in [-0.2, 0) is 0 Å². The molecule has 0 atom stereocenters. The average molecular weight is 417 g/mol. The largest absolute Gasteiger partial charge is 0.340 e. The second-order valence-electron chi connectivity index (χ2n) is 6.43. The number of amides is 1. The molecule has 0 saturated carbocycles. The Kier molecular flexibility index (Phi) is 5.62. The van der Waals surface area contributed by atoms with Crippen molar-refractivity contribution in [2.24, 2.45) is 0 Å². The summed E-state index contributed by atoms with van der Waals surface area (Å²) >= 11 is 1.39. The van der Waals surface area contributed by atoms with E-state index in [1.165, 1.54) is 17.7 Å².